The van der Waals surface area contributed by atoms with Crippen molar-refractivity contribution >= 4 is 17.6 Å². The van der Waals surface area contributed by atoms with Crippen LogP contribution in [0.4, 0.5) is 14.5 Å². The summed E-state index contributed by atoms with van der Waals surface area (Å²) in [5.41, 5.74) is 1.77. The van der Waals surface area contributed by atoms with Gasteiger partial charge in [-0.15, -0.1) is 0 Å². The van der Waals surface area contributed by atoms with Gasteiger partial charge in [-0.3, -0.25) is 4.79 Å². The quantitative estimate of drug-likeness (QED) is 0.879. The number of rotatable bonds is 4. The Morgan fingerprint density at radius 1 is 1.12 bits per heavy atom. The third kappa shape index (κ3) is 3.24. The Bertz CT molecular complexity index is 859. The van der Waals surface area contributed by atoms with Gasteiger partial charge in [0, 0.05) is 23.1 Å². The first kappa shape index (κ1) is 17.1. The number of carbonyl (C=O) groups is 2. The van der Waals surface area contributed by atoms with Crippen molar-refractivity contribution in [3.8, 4) is 0 Å². The summed E-state index contributed by atoms with van der Waals surface area (Å²) in [6.07, 6.45) is 0.361. The van der Waals surface area contributed by atoms with Crippen molar-refractivity contribution < 1.29 is 23.5 Å². The summed E-state index contributed by atoms with van der Waals surface area (Å²) in [6.45, 7) is 3.44. The van der Waals surface area contributed by atoms with Crippen molar-refractivity contribution in [1.29, 1.82) is 0 Å². The summed E-state index contributed by atoms with van der Waals surface area (Å²) in [5.74, 6) is -3.77. The molecular formula is C19H17F2NO3. The lowest BCUT2D eigenvalue weighted by Crippen LogP contribution is -2.16. The Morgan fingerprint density at radius 3 is 2.36 bits per heavy atom. The highest BCUT2D eigenvalue weighted by atomic mass is 19.1. The van der Waals surface area contributed by atoms with Crippen molar-refractivity contribution in [3.05, 3.63) is 64.2 Å². The maximum Gasteiger partial charge on any atom is 0.336 e. The molecule has 6 heteroatoms. The molecule has 25 heavy (non-hydrogen) atoms. The standard InChI is InChI=1S/C19H17F2NO3/c1-9-6-10(2)16(8-11(9)19(24)25)22-18(23)13-7-12(13)17-14(20)4-3-5-15(17)21/h3-6,8,12-13H,7H2,1-2H3,(H,22,23)(H,24,25). The lowest BCUT2D eigenvalue weighted by atomic mass is 10.0. The number of halogens is 2. The van der Waals surface area contributed by atoms with E-state index < -0.39 is 29.4 Å². The predicted molar refractivity (Wildman–Crippen MR) is 88.7 cm³/mol. The van der Waals surface area contributed by atoms with E-state index in [2.05, 4.69) is 5.32 Å². The van der Waals surface area contributed by atoms with E-state index in [1.807, 2.05) is 0 Å². The molecule has 1 fully saturated rings. The van der Waals surface area contributed by atoms with Gasteiger partial charge in [-0.25, -0.2) is 13.6 Å². The first-order chi connectivity index (χ1) is 11.8. The summed E-state index contributed by atoms with van der Waals surface area (Å²) in [5, 5.41) is 11.9. The smallest absolute Gasteiger partial charge is 0.336 e. The lowest BCUT2D eigenvalue weighted by molar-refractivity contribution is -0.117. The molecule has 1 amide bonds. The van der Waals surface area contributed by atoms with Crippen molar-refractivity contribution in [2.45, 2.75) is 26.2 Å². The average molecular weight is 345 g/mol. The van der Waals surface area contributed by atoms with Crippen LogP contribution in [0, 0.1) is 31.4 Å². The Kier molecular flexibility index (Phi) is 4.29. The number of aromatic carboxylic acids is 1. The Morgan fingerprint density at radius 2 is 1.76 bits per heavy atom. The molecule has 0 heterocycles. The minimum absolute atomic E-state index is 0.0606. The summed E-state index contributed by atoms with van der Waals surface area (Å²) in [7, 11) is 0. The molecule has 0 saturated heterocycles. The number of hydrogen-bond donors (Lipinski definition) is 2. The molecule has 0 bridgehead atoms. The maximum atomic E-state index is 13.8. The zero-order chi connectivity index (χ0) is 18.3. The number of nitrogens with one attached hydrogen (secondary N) is 1. The van der Waals surface area contributed by atoms with E-state index in [4.69, 9.17) is 0 Å². The van der Waals surface area contributed by atoms with E-state index in [0.29, 0.717) is 17.7 Å². The van der Waals surface area contributed by atoms with Crippen LogP contribution in [0.15, 0.2) is 30.3 Å². The zero-order valence-electron chi connectivity index (χ0n) is 13.8. The molecule has 1 aliphatic carbocycles. The Balaban J connectivity index is 1.79. The van der Waals surface area contributed by atoms with E-state index >= 15 is 0 Å². The minimum atomic E-state index is -1.08. The van der Waals surface area contributed by atoms with Crippen LogP contribution in [0.5, 0.6) is 0 Å². The molecule has 2 N–H and O–H groups in total. The normalized spacial score (nSPS) is 18.7. The fourth-order valence-electron chi connectivity index (χ4n) is 3.11. The average Bonchev–Trinajstić information content (AvgIpc) is 3.29. The van der Waals surface area contributed by atoms with Gasteiger partial charge in [-0.2, -0.15) is 0 Å². The third-order valence-electron chi connectivity index (χ3n) is 4.56. The maximum absolute atomic E-state index is 13.8. The van der Waals surface area contributed by atoms with Crippen LogP contribution in [0.25, 0.3) is 0 Å². The molecular weight excluding hydrogens is 328 g/mol. The lowest BCUT2D eigenvalue weighted by Gasteiger charge is -2.12. The van der Waals surface area contributed by atoms with Crippen LogP contribution < -0.4 is 5.32 Å². The van der Waals surface area contributed by atoms with Crippen LogP contribution in [0.2, 0.25) is 0 Å². The number of hydrogen-bond acceptors (Lipinski definition) is 2. The van der Waals surface area contributed by atoms with Crippen LogP contribution in [-0.2, 0) is 4.79 Å². The molecule has 4 nitrogen and oxygen atoms in total. The van der Waals surface area contributed by atoms with E-state index in [0.717, 1.165) is 5.56 Å². The third-order valence-corrected chi connectivity index (χ3v) is 4.56. The van der Waals surface area contributed by atoms with Crippen LogP contribution >= 0.6 is 0 Å². The van der Waals surface area contributed by atoms with E-state index in [1.165, 1.54) is 24.3 Å². The molecule has 0 aliphatic heterocycles. The van der Waals surface area contributed by atoms with Gasteiger partial charge in [-0.05, 0) is 49.6 Å². The molecule has 1 aliphatic rings. The molecule has 130 valence electrons. The first-order valence-electron chi connectivity index (χ1n) is 7.89. The number of carbonyl (C=O) groups excluding carboxylic acids is 1. The molecule has 2 aromatic carbocycles. The number of carboxylic acid groups (broad SMARTS) is 1. The SMILES string of the molecule is Cc1cc(C)c(C(=O)O)cc1NC(=O)C1CC1c1c(F)cccc1F. The predicted octanol–water partition coefficient (Wildman–Crippen LogP) is 4.02. The van der Waals surface area contributed by atoms with Crippen molar-refractivity contribution in [1.82, 2.24) is 0 Å². The van der Waals surface area contributed by atoms with E-state index in [9.17, 15) is 23.5 Å². The number of benzene rings is 2. The van der Waals surface area contributed by atoms with E-state index in [1.54, 1.807) is 19.9 Å². The van der Waals surface area contributed by atoms with Crippen LogP contribution in [0.3, 0.4) is 0 Å². The highest BCUT2D eigenvalue weighted by Gasteiger charge is 2.46. The molecule has 0 radical (unpaired) electrons. The van der Waals surface area contributed by atoms with Gasteiger partial charge in [0.25, 0.3) is 0 Å². The molecule has 1 saturated carbocycles. The number of carboxylic acids is 1. The second-order valence-electron chi connectivity index (χ2n) is 6.36. The molecule has 2 atom stereocenters. The highest BCUT2D eigenvalue weighted by molar-refractivity contribution is 5.98. The highest BCUT2D eigenvalue weighted by Crippen LogP contribution is 2.49. The number of anilines is 1. The topological polar surface area (TPSA) is 66.4 Å². The summed E-state index contributed by atoms with van der Waals surface area (Å²) >= 11 is 0. The monoisotopic (exact) mass is 345 g/mol. The summed E-state index contributed by atoms with van der Waals surface area (Å²) < 4.78 is 27.6. The van der Waals surface area contributed by atoms with Crippen molar-refractivity contribution in [2.24, 2.45) is 5.92 Å². The van der Waals surface area contributed by atoms with Gasteiger partial charge < -0.3 is 10.4 Å². The Labute approximate surface area is 143 Å². The van der Waals surface area contributed by atoms with Gasteiger partial charge >= 0.3 is 5.97 Å². The van der Waals surface area contributed by atoms with Gasteiger partial charge in [-0.1, -0.05) is 12.1 Å². The van der Waals surface area contributed by atoms with Gasteiger partial charge in [0.1, 0.15) is 11.6 Å². The Hall–Kier alpha value is -2.76. The van der Waals surface area contributed by atoms with Crippen LogP contribution in [-0.4, -0.2) is 17.0 Å². The van der Waals surface area contributed by atoms with Gasteiger partial charge in [0.2, 0.25) is 5.91 Å². The molecule has 0 spiro atoms. The van der Waals surface area contributed by atoms with Crippen LogP contribution in [0.1, 0.15) is 39.4 Å². The van der Waals surface area contributed by atoms with Crippen molar-refractivity contribution in [3.63, 3.8) is 0 Å². The second-order valence-corrected chi connectivity index (χ2v) is 6.36. The number of aryl methyl sites for hydroxylation is 2. The summed E-state index contributed by atoms with van der Waals surface area (Å²) in [4.78, 5) is 23.6. The second kappa shape index (κ2) is 6.27. The molecule has 2 unspecified atom stereocenters. The largest absolute Gasteiger partial charge is 0.478 e. The first-order valence-corrected chi connectivity index (χ1v) is 7.89. The van der Waals surface area contributed by atoms with Gasteiger partial charge in [0.05, 0.1) is 5.56 Å². The number of amides is 1. The minimum Gasteiger partial charge on any atom is -0.478 e. The zero-order valence-corrected chi connectivity index (χ0v) is 13.8. The fraction of sp³-hybridized carbons (Fsp3) is 0.263. The molecule has 0 aromatic heterocycles. The molecule has 2 aromatic rings. The van der Waals surface area contributed by atoms with E-state index in [-0.39, 0.29) is 17.0 Å². The summed E-state index contributed by atoms with van der Waals surface area (Å²) in [6, 6.07) is 6.73. The van der Waals surface area contributed by atoms with Crippen molar-refractivity contribution in [2.75, 3.05) is 5.32 Å². The fourth-order valence-corrected chi connectivity index (χ4v) is 3.11. The molecule has 3 rings (SSSR count). The van der Waals surface area contributed by atoms with Gasteiger partial charge in [0.15, 0.2) is 0 Å².